The topological polar surface area (TPSA) is 52.9 Å². The Balaban J connectivity index is 4.47. The molecule has 0 saturated carbocycles. The monoisotopic (exact) mass is 258 g/mol. The fourth-order valence-electron chi connectivity index (χ4n) is 1.13. The molecule has 0 spiro atoms. The molecular formula is C10H15BrN2O. The fraction of sp³-hybridized carbons (Fsp3) is 0.600. The summed E-state index contributed by atoms with van der Waals surface area (Å²) in [6, 6.07) is 2.08. The molecule has 4 heteroatoms. The van der Waals surface area contributed by atoms with Crippen LogP contribution in [-0.4, -0.2) is 12.5 Å². The van der Waals surface area contributed by atoms with Crippen molar-refractivity contribution in [2.24, 2.45) is 5.41 Å². The first-order chi connectivity index (χ1) is 6.52. The predicted octanol–water partition coefficient (Wildman–Crippen LogP) is 2.34. The van der Waals surface area contributed by atoms with Gasteiger partial charge in [-0.3, -0.25) is 4.79 Å². The molecule has 1 amide bonds. The third-order valence-electron chi connectivity index (χ3n) is 2.30. The number of amides is 1. The van der Waals surface area contributed by atoms with Gasteiger partial charge in [0.15, 0.2) is 0 Å². The molecule has 0 rings (SSSR count). The largest absolute Gasteiger partial charge is 0.350 e. The minimum absolute atomic E-state index is 0.217. The number of hydrogen-bond donors (Lipinski definition) is 1. The zero-order chi connectivity index (χ0) is 11.2. The van der Waals surface area contributed by atoms with E-state index in [9.17, 15) is 4.79 Å². The van der Waals surface area contributed by atoms with Gasteiger partial charge in [-0.2, -0.15) is 5.26 Å². The van der Waals surface area contributed by atoms with Crippen LogP contribution in [0.4, 0.5) is 0 Å². The maximum atomic E-state index is 11.7. The second-order valence-electron chi connectivity index (χ2n) is 3.10. The van der Waals surface area contributed by atoms with Crippen molar-refractivity contribution in [1.29, 1.82) is 5.26 Å². The minimum Gasteiger partial charge on any atom is -0.350 e. The highest BCUT2D eigenvalue weighted by Gasteiger charge is 2.34. The van der Waals surface area contributed by atoms with Gasteiger partial charge in [-0.25, -0.2) is 0 Å². The van der Waals surface area contributed by atoms with Crippen molar-refractivity contribution in [1.82, 2.24) is 5.32 Å². The van der Waals surface area contributed by atoms with Crippen LogP contribution in [0.1, 0.15) is 26.7 Å². The van der Waals surface area contributed by atoms with E-state index in [0.29, 0.717) is 23.9 Å². The van der Waals surface area contributed by atoms with E-state index >= 15 is 0 Å². The van der Waals surface area contributed by atoms with Gasteiger partial charge in [-0.15, -0.1) is 0 Å². The lowest BCUT2D eigenvalue weighted by molar-refractivity contribution is -0.128. The Kier molecular flexibility index (Phi) is 5.47. The van der Waals surface area contributed by atoms with Crippen molar-refractivity contribution < 1.29 is 4.79 Å². The molecule has 0 radical (unpaired) electrons. The van der Waals surface area contributed by atoms with Gasteiger partial charge < -0.3 is 5.32 Å². The zero-order valence-electron chi connectivity index (χ0n) is 8.56. The van der Waals surface area contributed by atoms with Gasteiger partial charge >= 0.3 is 0 Å². The van der Waals surface area contributed by atoms with Gasteiger partial charge in [-0.1, -0.05) is 36.4 Å². The Bertz CT molecular complexity index is 264. The molecule has 14 heavy (non-hydrogen) atoms. The third-order valence-corrected chi connectivity index (χ3v) is 2.58. The van der Waals surface area contributed by atoms with Crippen LogP contribution in [0.3, 0.4) is 0 Å². The summed E-state index contributed by atoms with van der Waals surface area (Å²) in [6.45, 7) is 7.65. The van der Waals surface area contributed by atoms with Crippen molar-refractivity contribution in [2.45, 2.75) is 26.7 Å². The summed E-state index contributed by atoms with van der Waals surface area (Å²) in [4.78, 5) is 11.7. The van der Waals surface area contributed by atoms with Crippen LogP contribution in [0.5, 0.6) is 0 Å². The predicted molar refractivity (Wildman–Crippen MR) is 59.7 cm³/mol. The number of halogens is 1. The Labute approximate surface area is 93.3 Å². The molecule has 0 unspecified atom stereocenters. The van der Waals surface area contributed by atoms with Gasteiger partial charge in [0.1, 0.15) is 5.41 Å². The lowest BCUT2D eigenvalue weighted by atomic mass is 9.83. The smallest absolute Gasteiger partial charge is 0.240 e. The first kappa shape index (κ1) is 13.2. The maximum Gasteiger partial charge on any atom is 0.240 e. The van der Waals surface area contributed by atoms with Crippen molar-refractivity contribution >= 4 is 21.8 Å². The van der Waals surface area contributed by atoms with Crippen LogP contribution >= 0.6 is 15.9 Å². The first-order valence-corrected chi connectivity index (χ1v) is 5.34. The molecule has 0 aromatic heterocycles. The summed E-state index contributed by atoms with van der Waals surface area (Å²) in [5.41, 5.74) is -0.886. The van der Waals surface area contributed by atoms with E-state index < -0.39 is 5.41 Å². The lowest BCUT2D eigenvalue weighted by Crippen LogP contribution is -2.39. The number of nitrogens with one attached hydrogen (secondary N) is 1. The summed E-state index contributed by atoms with van der Waals surface area (Å²) in [5, 5.41) is 11.6. The van der Waals surface area contributed by atoms with Crippen molar-refractivity contribution in [3.63, 3.8) is 0 Å². The van der Waals surface area contributed by atoms with E-state index in [0.717, 1.165) is 0 Å². The molecule has 78 valence electrons. The van der Waals surface area contributed by atoms with Crippen molar-refractivity contribution in [3.8, 4) is 6.07 Å². The van der Waals surface area contributed by atoms with E-state index in [-0.39, 0.29) is 5.91 Å². The van der Waals surface area contributed by atoms with Crippen molar-refractivity contribution in [3.05, 3.63) is 11.1 Å². The Morgan fingerprint density at radius 3 is 2.36 bits per heavy atom. The van der Waals surface area contributed by atoms with E-state index in [1.165, 1.54) is 0 Å². The standard InChI is InChI=1S/C10H15BrN2O/c1-4-10(5-2,7-12)9(14)13-6-8(3)11/h3-6H2,1-2H3,(H,13,14). The molecule has 3 nitrogen and oxygen atoms in total. The Morgan fingerprint density at radius 1 is 1.57 bits per heavy atom. The summed E-state index contributed by atoms with van der Waals surface area (Å²) in [6.07, 6.45) is 1.06. The fourth-order valence-corrected chi connectivity index (χ4v) is 1.27. The van der Waals surface area contributed by atoms with Crippen LogP contribution < -0.4 is 5.32 Å². The highest BCUT2D eigenvalue weighted by atomic mass is 79.9. The SMILES string of the molecule is C=C(Br)CNC(=O)C(C#N)(CC)CC. The summed E-state index contributed by atoms with van der Waals surface area (Å²) in [5.74, 6) is -0.217. The quantitative estimate of drug-likeness (QED) is 0.823. The lowest BCUT2D eigenvalue weighted by Gasteiger charge is -2.21. The van der Waals surface area contributed by atoms with Gasteiger partial charge in [-0.05, 0) is 12.8 Å². The second kappa shape index (κ2) is 5.82. The van der Waals surface area contributed by atoms with Gasteiger partial charge in [0, 0.05) is 11.0 Å². The molecule has 0 aliphatic carbocycles. The third kappa shape index (κ3) is 3.15. The van der Waals surface area contributed by atoms with Crippen LogP contribution in [0.2, 0.25) is 0 Å². The molecule has 0 fully saturated rings. The molecule has 1 N–H and O–H groups in total. The highest BCUT2D eigenvalue weighted by molar-refractivity contribution is 9.11. The highest BCUT2D eigenvalue weighted by Crippen LogP contribution is 2.25. The second-order valence-corrected chi connectivity index (χ2v) is 4.22. The molecule has 0 saturated heterocycles. The number of nitriles is 1. The Hall–Kier alpha value is -0.820. The maximum absolute atomic E-state index is 11.7. The van der Waals surface area contributed by atoms with Crippen molar-refractivity contribution in [2.75, 3.05) is 6.54 Å². The summed E-state index contributed by atoms with van der Waals surface area (Å²) >= 11 is 3.14. The van der Waals surface area contributed by atoms with Gasteiger partial charge in [0.2, 0.25) is 5.91 Å². The van der Waals surface area contributed by atoms with Gasteiger partial charge in [0.05, 0.1) is 6.07 Å². The van der Waals surface area contributed by atoms with Gasteiger partial charge in [0.25, 0.3) is 0 Å². The van der Waals surface area contributed by atoms with E-state index in [4.69, 9.17) is 5.26 Å². The molecule has 0 bridgehead atoms. The molecule has 0 atom stereocenters. The number of rotatable bonds is 5. The average Bonchev–Trinajstić information content (AvgIpc) is 2.18. The summed E-state index contributed by atoms with van der Waals surface area (Å²) < 4.78 is 0.699. The number of hydrogen-bond acceptors (Lipinski definition) is 2. The van der Waals surface area contributed by atoms with Crippen LogP contribution in [-0.2, 0) is 4.79 Å². The molecule has 0 aliphatic heterocycles. The van der Waals surface area contributed by atoms with E-state index in [1.54, 1.807) is 0 Å². The van der Waals surface area contributed by atoms with Crippen LogP contribution in [0.15, 0.2) is 11.1 Å². The molecule has 0 aliphatic rings. The summed E-state index contributed by atoms with van der Waals surface area (Å²) in [7, 11) is 0. The molecule has 0 aromatic rings. The molecule has 0 aromatic carbocycles. The molecular weight excluding hydrogens is 244 g/mol. The average molecular weight is 259 g/mol. The minimum atomic E-state index is -0.886. The van der Waals surface area contributed by atoms with E-state index in [2.05, 4.69) is 33.9 Å². The molecule has 0 heterocycles. The first-order valence-electron chi connectivity index (χ1n) is 4.55. The van der Waals surface area contributed by atoms with Crippen LogP contribution in [0.25, 0.3) is 0 Å². The normalized spacial score (nSPS) is 10.4. The number of nitrogens with zero attached hydrogens (tertiary/aromatic N) is 1. The Morgan fingerprint density at radius 2 is 2.07 bits per heavy atom. The zero-order valence-corrected chi connectivity index (χ0v) is 10.1. The van der Waals surface area contributed by atoms with Crippen LogP contribution in [0, 0.1) is 16.7 Å². The number of carbonyl (C=O) groups is 1. The van der Waals surface area contributed by atoms with E-state index in [1.807, 2.05) is 13.8 Å². The number of carbonyl (C=O) groups excluding carboxylic acids is 1.